The van der Waals surface area contributed by atoms with Crippen LogP contribution in [0.1, 0.15) is 17.7 Å². The van der Waals surface area contributed by atoms with E-state index in [9.17, 15) is 9.18 Å². The molecule has 0 aliphatic heterocycles. The Hall–Kier alpha value is -2.23. The van der Waals surface area contributed by atoms with Crippen molar-refractivity contribution in [2.45, 2.75) is 26.4 Å². The molecule has 0 bridgehead atoms. The number of carbonyl (C=O) groups excluding carboxylic acids is 1. The van der Waals surface area contributed by atoms with E-state index in [0.29, 0.717) is 25.3 Å². The van der Waals surface area contributed by atoms with Crippen molar-refractivity contribution in [3.05, 3.63) is 63.4 Å². The number of rotatable bonds is 6. The first-order chi connectivity index (χ1) is 12.0. The standard InChI is InChI=1S/C17H17FIN5O/c1-12-15(19)11-24(21-12)8-6-17(25)20-16-5-7-23(22-16)10-13-3-2-4-14(18)9-13/h2-5,7,9,11H,6,8,10H2,1H3,(H,20,22,25). The third-order valence-electron chi connectivity index (χ3n) is 3.60. The quantitative estimate of drug-likeness (QED) is 0.584. The maximum Gasteiger partial charge on any atom is 0.227 e. The molecule has 0 spiro atoms. The van der Waals surface area contributed by atoms with Crippen LogP contribution in [0.25, 0.3) is 0 Å². The van der Waals surface area contributed by atoms with Crippen LogP contribution in [0.3, 0.4) is 0 Å². The molecule has 3 rings (SSSR count). The van der Waals surface area contributed by atoms with Gasteiger partial charge in [0.1, 0.15) is 5.82 Å². The van der Waals surface area contributed by atoms with Crippen molar-refractivity contribution in [1.29, 1.82) is 0 Å². The minimum atomic E-state index is -0.276. The van der Waals surface area contributed by atoms with Crippen molar-refractivity contribution in [3.63, 3.8) is 0 Å². The molecule has 2 heterocycles. The van der Waals surface area contributed by atoms with E-state index in [-0.39, 0.29) is 11.7 Å². The SMILES string of the molecule is Cc1nn(CCC(=O)Nc2ccn(Cc3cccc(F)c3)n2)cc1I. The number of nitrogens with one attached hydrogen (secondary N) is 1. The molecule has 0 saturated carbocycles. The fourth-order valence-electron chi connectivity index (χ4n) is 2.37. The minimum Gasteiger partial charge on any atom is -0.309 e. The lowest BCUT2D eigenvalue weighted by atomic mass is 10.2. The minimum absolute atomic E-state index is 0.126. The van der Waals surface area contributed by atoms with Gasteiger partial charge in [0.05, 0.1) is 15.8 Å². The fraction of sp³-hybridized carbons (Fsp3) is 0.235. The van der Waals surface area contributed by atoms with Gasteiger partial charge in [-0.15, -0.1) is 0 Å². The van der Waals surface area contributed by atoms with E-state index in [0.717, 1.165) is 14.8 Å². The van der Waals surface area contributed by atoms with Gasteiger partial charge >= 0.3 is 0 Å². The van der Waals surface area contributed by atoms with Crippen LogP contribution in [0, 0.1) is 16.3 Å². The lowest BCUT2D eigenvalue weighted by molar-refractivity contribution is -0.116. The van der Waals surface area contributed by atoms with Gasteiger partial charge in [0.25, 0.3) is 0 Å². The number of halogens is 2. The first-order valence-corrected chi connectivity index (χ1v) is 8.85. The Morgan fingerprint density at radius 3 is 2.84 bits per heavy atom. The van der Waals surface area contributed by atoms with Crippen LogP contribution in [-0.2, 0) is 17.9 Å². The number of carbonyl (C=O) groups is 1. The summed E-state index contributed by atoms with van der Waals surface area (Å²) in [5, 5.41) is 11.4. The van der Waals surface area contributed by atoms with E-state index < -0.39 is 0 Å². The molecule has 0 fully saturated rings. The monoisotopic (exact) mass is 453 g/mol. The number of aromatic nitrogens is 4. The number of anilines is 1. The second kappa shape index (κ2) is 7.77. The summed E-state index contributed by atoms with van der Waals surface area (Å²) in [6.07, 6.45) is 3.98. The topological polar surface area (TPSA) is 64.7 Å². The lowest BCUT2D eigenvalue weighted by Crippen LogP contribution is -2.15. The number of hydrogen-bond donors (Lipinski definition) is 1. The Balaban J connectivity index is 1.53. The molecular weight excluding hydrogens is 436 g/mol. The van der Waals surface area contributed by atoms with E-state index in [1.54, 1.807) is 27.7 Å². The predicted octanol–water partition coefficient (Wildman–Crippen LogP) is 3.21. The molecule has 1 amide bonds. The summed E-state index contributed by atoms with van der Waals surface area (Å²) in [4.78, 5) is 12.0. The van der Waals surface area contributed by atoms with Crippen molar-refractivity contribution in [1.82, 2.24) is 19.6 Å². The summed E-state index contributed by atoms with van der Waals surface area (Å²) >= 11 is 2.21. The molecular formula is C17H17FIN5O. The Bertz CT molecular complexity index is 869. The van der Waals surface area contributed by atoms with Gasteiger partial charge in [-0.05, 0) is 47.2 Å². The second-order valence-corrected chi connectivity index (χ2v) is 6.81. The molecule has 0 saturated heterocycles. The van der Waals surface area contributed by atoms with E-state index >= 15 is 0 Å². The van der Waals surface area contributed by atoms with E-state index in [1.807, 2.05) is 19.2 Å². The predicted molar refractivity (Wildman–Crippen MR) is 101 cm³/mol. The van der Waals surface area contributed by atoms with Crippen LogP contribution in [0.5, 0.6) is 0 Å². The smallest absolute Gasteiger partial charge is 0.227 e. The average Bonchev–Trinajstić information content (AvgIpc) is 3.12. The largest absolute Gasteiger partial charge is 0.309 e. The zero-order valence-electron chi connectivity index (χ0n) is 13.6. The highest BCUT2D eigenvalue weighted by Crippen LogP contribution is 2.10. The van der Waals surface area contributed by atoms with Crippen LogP contribution < -0.4 is 5.32 Å². The van der Waals surface area contributed by atoms with Gasteiger partial charge in [-0.1, -0.05) is 12.1 Å². The third kappa shape index (κ3) is 4.88. The van der Waals surface area contributed by atoms with Crippen molar-refractivity contribution < 1.29 is 9.18 Å². The number of hydrogen-bond acceptors (Lipinski definition) is 3. The maximum absolute atomic E-state index is 13.2. The Kier molecular flexibility index (Phi) is 5.47. The fourth-order valence-corrected chi connectivity index (χ4v) is 2.80. The molecule has 6 nitrogen and oxygen atoms in total. The third-order valence-corrected chi connectivity index (χ3v) is 4.66. The second-order valence-electron chi connectivity index (χ2n) is 5.65. The maximum atomic E-state index is 13.2. The van der Waals surface area contributed by atoms with Crippen molar-refractivity contribution in [2.24, 2.45) is 0 Å². The molecule has 3 aromatic rings. The van der Waals surface area contributed by atoms with Gasteiger partial charge in [-0.3, -0.25) is 14.2 Å². The first kappa shape index (κ1) is 17.6. The highest BCUT2D eigenvalue weighted by atomic mass is 127. The van der Waals surface area contributed by atoms with Gasteiger partial charge in [0.2, 0.25) is 5.91 Å². The Morgan fingerprint density at radius 1 is 1.28 bits per heavy atom. The van der Waals surface area contributed by atoms with E-state index in [2.05, 4.69) is 38.1 Å². The van der Waals surface area contributed by atoms with E-state index in [4.69, 9.17) is 0 Å². The van der Waals surface area contributed by atoms with Crippen molar-refractivity contribution in [2.75, 3.05) is 5.32 Å². The number of benzene rings is 1. The molecule has 0 aliphatic carbocycles. The summed E-state index contributed by atoms with van der Waals surface area (Å²) < 4.78 is 17.7. The number of nitrogens with zero attached hydrogens (tertiary/aromatic N) is 4. The summed E-state index contributed by atoms with van der Waals surface area (Å²) in [6.45, 7) is 2.89. The molecule has 0 unspecified atom stereocenters. The molecule has 1 aromatic carbocycles. The van der Waals surface area contributed by atoms with Crippen LogP contribution in [0.15, 0.2) is 42.7 Å². The first-order valence-electron chi connectivity index (χ1n) is 7.77. The summed E-state index contributed by atoms with van der Waals surface area (Å²) in [5.74, 6) is 0.0773. The summed E-state index contributed by atoms with van der Waals surface area (Å²) in [6, 6.07) is 8.08. The molecule has 130 valence electrons. The molecule has 8 heteroatoms. The van der Waals surface area contributed by atoms with Crippen molar-refractivity contribution in [3.8, 4) is 0 Å². The van der Waals surface area contributed by atoms with Gasteiger partial charge < -0.3 is 5.32 Å². The molecule has 0 atom stereocenters. The molecule has 25 heavy (non-hydrogen) atoms. The average molecular weight is 453 g/mol. The van der Waals surface area contributed by atoms with Crippen LogP contribution in [0.4, 0.5) is 10.2 Å². The normalized spacial score (nSPS) is 10.8. The van der Waals surface area contributed by atoms with Crippen LogP contribution in [0.2, 0.25) is 0 Å². The molecule has 2 aromatic heterocycles. The summed E-state index contributed by atoms with van der Waals surface area (Å²) in [7, 11) is 0. The Labute approximate surface area is 158 Å². The van der Waals surface area contributed by atoms with Crippen molar-refractivity contribution >= 4 is 34.3 Å². The van der Waals surface area contributed by atoms with Gasteiger partial charge in [0, 0.05) is 31.4 Å². The zero-order chi connectivity index (χ0) is 17.8. The van der Waals surface area contributed by atoms with Crippen LogP contribution >= 0.6 is 22.6 Å². The van der Waals surface area contributed by atoms with Gasteiger partial charge in [-0.25, -0.2) is 4.39 Å². The Morgan fingerprint density at radius 2 is 2.12 bits per heavy atom. The highest BCUT2D eigenvalue weighted by molar-refractivity contribution is 14.1. The van der Waals surface area contributed by atoms with E-state index in [1.165, 1.54) is 12.1 Å². The number of aryl methyl sites for hydroxylation is 2. The molecule has 0 radical (unpaired) electrons. The molecule has 0 aliphatic rings. The molecule has 1 N–H and O–H groups in total. The highest BCUT2D eigenvalue weighted by Gasteiger charge is 2.08. The number of amides is 1. The van der Waals surface area contributed by atoms with Gasteiger partial charge in [-0.2, -0.15) is 10.2 Å². The zero-order valence-corrected chi connectivity index (χ0v) is 15.8. The van der Waals surface area contributed by atoms with Crippen LogP contribution in [-0.4, -0.2) is 25.5 Å². The van der Waals surface area contributed by atoms with Gasteiger partial charge in [0.15, 0.2) is 5.82 Å². The summed E-state index contributed by atoms with van der Waals surface area (Å²) in [5.41, 5.74) is 1.77. The lowest BCUT2D eigenvalue weighted by Gasteiger charge is -2.04.